The number of hydrogen-bond acceptors (Lipinski definition) is 5. The molecule has 0 aliphatic heterocycles. The quantitative estimate of drug-likeness (QED) is 0.387. The molecule has 8 nitrogen and oxygen atoms in total. The fraction of sp³-hybridized carbons (Fsp3) is 0. The number of benzene rings is 2. The second-order valence-corrected chi connectivity index (χ2v) is 5.01. The van der Waals surface area contributed by atoms with Crippen LogP contribution in [0.1, 0.15) is 10.4 Å². The van der Waals surface area contributed by atoms with Crippen LogP contribution in [-0.4, -0.2) is 20.9 Å². The van der Waals surface area contributed by atoms with Gasteiger partial charge in [-0.05, 0) is 18.2 Å². The Bertz CT molecular complexity index is 1030. The molecule has 3 aromatic rings. The number of non-ortho nitro benzene ring substituents is 1. The van der Waals surface area contributed by atoms with Crippen molar-refractivity contribution in [1.82, 2.24) is 4.98 Å². The summed E-state index contributed by atoms with van der Waals surface area (Å²) in [7, 11) is 0. The Balaban J connectivity index is 2.12. The molecule has 3 N–H and O–H groups in total. The van der Waals surface area contributed by atoms with E-state index in [1.807, 2.05) is 0 Å². The minimum atomic E-state index is -0.659. The molecule has 0 radical (unpaired) electrons. The number of phenolic OH excluding ortho intramolecular Hbond substituents is 1. The zero-order valence-electron chi connectivity index (χ0n) is 12.1. The van der Waals surface area contributed by atoms with Crippen molar-refractivity contribution in [2.75, 3.05) is 5.32 Å². The number of carbonyl (C=O) groups excluding carboxylic acids is 1. The number of fused-ring (bicyclic) bond motifs is 1. The zero-order valence-corrected chi connectivity index (χ0v) is 12.1. The molecule has 0 atom stereocenters. The van der Waals surface area contributed by atoms with Crippen molar-refractivity contribution in [2.24, 2.45) is 0 Å². The first-order chi connectivity index (χ1) is 11.5. The summed E-state index contributed by atoms with van der Waals surface area (Å²) in [6, 6.07) is 11.0. The third-order valence-corrected chi connectivity index (χ3v) is 3.43. The fourth-order valence-corrected chi connectivity index (χ4v) is 2.31. The van der Waals surface area contributed by atoms with E-state index in [-0.39, 0.29) is 28.1 Å². The van der Waals surface area contributed by atoms with Gasteiger partial charge < -0.3 is 15.4 Å². The molecule has 1 aromatic heterocycles. The molecule has 3 rings (SSSR count). The molecule has 0 saturated heterocycles. The van der Waals surface area contributed by atoms with Crippen LogP contribution < -0.4 is 10.9 Å². The summed E-state index contributed by atoms with van der Waals surface area (Å²) in [6.07, 6.45) is 0. The minimum Gasteiger partial charge on any atom is -0.506 e. The summed E-state index contributed by atoms with van der Waals surface area (Å²) in [6.45, 7) is 0. The van der Waals surface area contributed by atoms with Gasteiger partial charge >= 0.3 is 0 Å². The van der Waals surface area contributed by atoms with Crippen molar-refractivity contribution >= 4 is 28.2 Å². The van der Waals surface area contributed by atoms with Gasteiger partial charge in [0, 0.05) is 29.1 Å². The highest BCUT2D eigenvalue weighted by molar-refractivity contribution is 6.12. The van der Waals surface area contributed by atoms with Gasteiger partial charge in [0.1, 0.15) is 5.75 Å². The molecule has 0 aliphatic carbocycles. The maximum absolute atomic E-state index is 12.5. The van der Waals surface area contributed by atoms with E-state index >= 15 is 0 Å². The Morgan fingerprint density at radius 2 is 1.92 bits per heavy atom. The summed E-state index contributed by atoms with van der Waals surface area (Å²) in [5, 5.41) is 23.4. The highest BCUT2D eigenvalue weighted by atomic mass is 16.6. The Hall–Kier alpha value is -3.68. The number of pyridine rings is 1. The van der Waals surface area contributed by atoms with Crippen LogP contribution >= 0.6 is 0 Å². The highest BCUT2D eigenvalue weighted by Gasteiger charge is 2.16. The smallest absolute Gasteiger partial charge is 0.270 e. The molecule has 24 heavy (non-hydrogen) atoms. The van der Waals surface area contributed by atoms with Gasteiger partial charge in [0.2, 0.25) is 5.56 Å². The summed E-state index contributed by atoms with van der Waals surface area (Å²) in [5.74, 6) is -0.793. The van der Waals surface area contributed by atoms with Gasteiger partial charge in [-0.15, -0.1) is 0 Å². The molecule has 2 aromatic carbocycles. The standard InChI is InChI=1S/C16H11N3O5/c20-14-4-2-1-3-13(14)18-16(22)11-8-15(21)17-12-6-5-9(19(23)24)7-10(11)12/h1-8,20H,(H,17,21)(H,18,22). The predicted molar refractivity (Wildman–Crippen MR) is 87.3 cm³/mol. The van der Waals surface area contributed by atoms with Gasteiger partial charge in [0.05, 0.1) is 16.2 Å². The maximum Gasteiger partial charge on any atom is 0.270 e. The molecule has 8 heteroatoms. The van der Waals surface area contributed by atoms with Crippen molar-refractivity contribution in [1.29, 1.82) is 0 Å². The number of aromatic nitrogens is 1. The number of anilines is 1. The van der Waals surface area contributed by atoms with Crippen LogP contribution in [0.15, 0.2) is 53.3 Å². The van der Waals surface area contributed by atoms with E-state index in [9.17, 15) is 24.8 Å². The largest absolute Gasteiger partial charge is 0.506 e. The van der Waals surface area contributed by atoms with E-state index in [4.69, 9.17) is 0 Å². The number of nitrogens with zero attached hydrogens (tertiary/aromatic N) is 1. The first-order valence-corrected chi connectivity index (χ1v) is 6.86. The van der Waals surface area contributed by atoms with Crippen molar-refractivity contribution in [3.8, 4) is 5.75 Å². The van der Waals surface area contributed by atoms with Crippen LogP contribution in [0.5, 0.6) is 5.75 Å². The average molecular weight is 325 g/mol. The van der Waals surface area contributed by atoms with Crippen LogP contribution in [0.4, 0.5) is 11.4 Å². The van der Waals surface area contributed by atoms with Crippen LogP contribution in [0.2, 0.25) is 0 Å². The SMILES string of the molecule is O=C(Nc1ccccc1O)c1cc(=O)[nH]c2ccc([N+](=O)[O-])cc12. The van der Waals surface area contributed by atoms with E-state index in [1.54, 1.807) is 12.1 Å². The first kappa shape index (κ1) is 15.2. The number of para-hydroxylation sites is 2. The number of aromatic hydroxyl groups is 1. The van der Waals surface area contributed by atoms with Crippen LogP contribution in [0.25, 0.3) is 10.9 Å². The number of hydrogen-bond donors (Lipinski definition) is 3. The monoisotopic (exact) mass is 325 g/mol. The van der Waals surface area contributed by atoms with E-state index in [2.05, 4.69) is 10.3 Å². The molecular weight excluding hydrogens is 314 g/mol. The van der Waals surface area contributed by atoms with E-state index in [1.165, 1.54) is 30.3 Å². The zero-order chi connectivity index (χ0) is 17.3. The van der Waals surface area contributed by atoms with Gasteiger partial charge in [-0.3, -0.25) is 19.7 Å². The second-order valence-electron chi connectivity index (χ2n) is 5.01. The molecule has 0 aliphatic rings. The molecule has 0 fully saturated rings. The van der Waals surface area contributed by atoms with Crippen LogP contribution in [0, 0.1) is 10.1 Å². The van der Waals surface area contributed by atoms with Crippen LogP contribution in [-0.2, 0) is 0 Å². The van der Waals surface area contributed by atoms with E-state index < -0.39 is 16.4 Å². The highest BCUT2D eigenvalue weighted by Crippen LogP contribution is 2.25. The van der Waals surface area contributed by atoms with Gasteiger partial charge in [-0.1, -0.05) is 12.1 Å². The number of rotatable bonds is 3. The maximum atomic E-state index is 12.5. The van der Waals surface area contributed by atoms with Crippen molar-refractivity contribution in [2.45, 2.75) is 0 Å². The molecule has 0 saturated carbocycles. The van der Waals surface area contributed by atoms with Gasteiger partial charge in [-0.2, -0.15) is 0 Å². The molecule has 1 amide bonds. The first-order valence-electron chi connectivity index (χ1n) is 6.86. The Labute approximate surface area is 134 Å². The number of nitro benzene ring substituents is 1. The molecule has 1 heterocycles. The second kappa shape index (κ2) is 5.84. The molecule has 120 valence electrons. The lowest BCUT2D eigenvalue weighted by Gasteiger charge is -2.09. The topological polar surface area (TPSA) is 125 Å². The number of carbonyl (C=O) groups is 1. The number of phenols is 1. The Morgan fingerprint density at radius 3 is 2.62 bits per heavy atom. The number of aromatic amines is 1. The third kappa shape index (κ3) is 2.80. The Morgan fingerprint density at radius 1 is 1.17 bits per heavy atom. The molecule has 0 spiro atoms. The van der Waals surface area contributed by atoms with Crippen LogP contribution in [0.3, 0.4) is 0 Å². The Kier molecular flexibility index (Phi) is 3.70. The number of nitrogens with one attached hydrogen (secondary N) is 2. The lowest BCUT2D eigenvalue weighted by Crippen LogP contribution is -2.17. The van der Waals surface area contributed by atoms with Crippen molar-refractivity contribution < 1.29 is 14.8 Å². The summed E-state index contributed by atoms with van der Waals surface area (Å²) in [4.78, 5) is 37.1. The van der Waals surface area contributed by atoms with Gasteiger partial charge in [0.25, 0.3) is 11.6 Å². The average Bonchev–Trinajstić information content (AvgIpc) is 2.55. The minimum absolute atomic E-state index is 0.0271. The molecule has 0 unspecified atom stereocenters. The van der Waals surface area contributed by atoms with E-state index in [0.29, 0.717) is 5.52 Å². The number of nitro groups is 1. The fourth-order valence-electron chi connectivity index (χ4n) is 2.31. The summed E-state index contributed by atoms with van der Waals surface area (Å²) in [5.41, 5.74) is -0.275. The van der Waals surface area contributed by atoms with Gasteiger partial charge in [0.15, 0.2) is 0 Å². The van der Waals surface area contributed by atoms with Crippen molar-refractivity contribution in [3.05, 3.63) is 74.6 Å². The van der Waals surface area contributed by atoms with Crippen molar-refractivity contribution in [3.63, 3.8) is 0 Å². The van der Waals surface area contributed by atoms with E-state index in [0.717, 1.165) is 6.07 Å². The molecular formula is C16H11N3O5. The normalized spacial score (nSPS) is 10.5. The summed E-state index contributed by atoms with van der Waals surface area (Å²) >= 11 is 0. The lowest BCUT2D eigenvalue weighted by molar-refractivity contribution is -0.384. The third-order valence-electron chi connectivity index (χ3n) is 3.43. The van der Waals surface area contributed by atoms with Gasteiger partial charge in [-0.25, -0.2) is 0 Å². The number of amides is 1. The lowest BCUT2D eigenvalue weighted by atomic mass is 10.1. The predicted octanol–water partition coefficient (Wildman–Crippen LogP) is 2.39. The number of H-pyrrole nitrogens is 1. The summed E-state index contributed by atoms with van der Waals surface area (Å²) < 4.78 is 0. The molecule has 0 bridgehead atoms.